The van der Waals surface area contributed by atoms with Crippen molar-refractivity contribution in [1.29, 1.82) is 0 Å². The van der Waals surface area contributed by atoms with Crippen LogP contribution in [0.2, 0.25) is 0 Å². The zero-order chi connectivity index (χ0) is 13.5. The van der Waals surface area contributed by atoms with Gasteiger partial charge in [0.25, 0.3) is 0 Å². The predicted molar refractivity (Wildman–Crippen MR) is 68.3 cm³/mol. The Morgan fingerprint density at radius 3 is 2.68 bits per heavy atom. The Kier molecular flexibility index (Phi) is 2.67. The molecular formula is C13H11NO4S. The van der Waals surface area contributed by atoms with Crippen molar-refractivity contribution in [2.24, 2.45) is 0 Å². The summed E-state index contributed by atoms with van der Waals surface area (Å²) >= 11 is 0. The fourth-order valence-corrected chi connectivity index (χ4v) is 3.99. The molecule has 1 aromatic heterocycles. The lowest BCUT2D eigenvalue weighted by molar-refractivity contribution is -0.116. The predicted octanol–water partition coefficient (Wildman–Crippen LogP) is 2.14. The minimum atomic E-state index is -3.65. The van der Waals surface area contributed by atoms with Gasteiger partial charge in [0.1, 0.15) is 11.0 Å². The standard InChI is InChI=1S/C13H11NO4S/c15-13-8-12(10-5-3-7-18-10)19(16,17)11-6-2-1-4-9(11)14-13/h1-7,12H,8H2,(H,14,15). The first kappa shape index (κ1) is 12.0. The second-order valence-corrected chi connectivity index (χ2v) is 6.40. The summed E-state index contributed by atoms with van der Waals surface area (Å²) in [4.78, 5) is 11.9. The highest BCUT2D eigenvalue weighted by Crippen LogP contribution is 2.38. The normalized spacial score (nSPS) is 21.3. The number of sulfone groups is 1. The minimum absolute atomic E-state index is 0.127. The lowest BCUT2D eigenvalue weighted by atomic mass is 10.2. The highest BCUT2D eigenvalue weighted by molar-refractivity contribution is 7.91. The third-order valence-corrected chi connectivity index (χ3v) is 5.19. The van der Waals surface area contributed by atoms with Gasteiger partial charge < -0.3 is 9.73 Å². The van der Waals surface area contributed by atoms with Crippen molar-refractivity contribution in [3.8, 4) is 0 Å². The number of carbonyl (C=O) groups is 1. The van der Waals surface area contributed by atoms with Crippen molar-refractivity contribution in [1.82, 2.24) is 0 Å². The molecule has 0 spiro atoms. The maximum Gasteiger partial charge on any atom is 0.226 e. The topological polar surface area (TPSA) is 76.4 Å². The summed E-state index contributed by atoms with van der Waals surface area (Å²) in [5.74, 6) is -0.0539. The molecule has 0 fully saturated rings. The van der Waals surface area contributed by atoms with Crippen LogP contribution in [0.3, 0.4) is 0 Å². The SMILES string of the molecule is O=C1CC(c2ccco2)S(=O)(=O)c2ccccc2N1. The maximum atomic E-state index is 12.6. The molecule has 1 unspecified atom stereocenters. The number of rotatable bonds is 1. The number of anilines is 1. The maximum absolute atomic E-state index is 12.6. The molecule has 3 rings (SSSR count). The van der Waals surface area contributed by atoms with Crippen LogP contribution in [-0.2, 0) is 14.6 Å². The summed E-state index contributed by atoms with van der Waals surface area (Å²) in [7, 11) is -3.65. The average Bonchev–Trinajstić information content (AvgIpc) is 2.86. The summed E-state index contributed by atoms with van der Waals surface area (Å²) < 4.78 is 30.4. The molecule has 98 valence electrons. The second-order valence-electron chi connectivity index (χ2n) is 4.30. The smallest absolute Gasteiger partial charge is 0.226 e. The summed E-state index contributed by atoms with van der Waals surface area (Å²) in [5.41, 5.74) is 0.321. The van der Waals surface area contributed by atoms with Crippen LogP contribution in [0.15, 0.2) is 52.0 Å². The molecule has 1 aromatic carbocycles. The van der Waals surface area contributed by atoms with E-state index >= 15 is 0 Å². The number of amides is 1. The van der Waals surface area contributed by atoms with Gasteiger partial charge in [-0.2, -0.15) is 0 Å². The molecule has 1 atom stereocenters. The van der Waals surface area contributed by atoms with Gasteiger partial charge in [-0.1, -0.05) is 12.1 Å². The van der Waals surface area contributed by atoms with Gasteiger partial charge in [-0.05, 0) is 24.3 Å². The molecule has 1 N–H and O–H groups in total. The van der Waals surface area contributed by atoms with E-state index in [0.29, 0.717) is 5.69 Å². The number of furan rings is 1. The van der Waals surface area contributed by atoms with Gasteiger partial charge in [0.2, 0.25) is 5.91 Å². The minimum Gasteiger partial charge on any atom is -0.468 e. The first-order valence-corrected chi connectivity index (χ1v) is 7.30. The summed E-state index contributed by atoms with van der Waals surface area (Å²) in [6, 6.07) is 9.57. The van der Waals surface area contributed by atoms with Crippen molar-refractivity contribution in [2.45, 2.75) is 16.6 Å². The summed E-state index contributed by atoms with van der Waals surface area (Å²) in [5, 5.41) is 1.63. The Bertz CT molecular complexity index is 719. The van der Waals surface area contributed by atoms with Crippen molar-refractivity contribution in [3.05, 3.63) is 48.4 Å². The third-order valence-electron chi connectivity index (χ3n) is 3.07. The average molecular weight is 277 g/mol. The highest BCUT2D eigenvalue weighted by atomic mass is 32.2. The first-order valence-electron chi connectivity index (χ1n) is 5.75. The second kappa shape index (κ2) is 4.24. The van der Waals surface area contributed by atoms with E-state index < -0.39 is 15.1 Å². The lowest BCUT2D eigenvalue weighted by Gasteiger charge is -2.11. The van der Waals surface area contributed by atoms with Crippen LogP contribution in [0.1, 0.15) is 17.4 Å². The van der Waals surface area contributed by atoms with E-state index in [4.69, 9.17) is 4.42 Å². The van der Waals surface area contributed by atoms with Crippen LogP contribution in [0.4, 0.5) is 5.69 Å². The van der Waals surface area contributed by atoms with Gasteiger partial charge >= 0.3 is 0 Å². The van der Waals surface area contributed by atoms with Gasteiger partial charge in [0.05, 0.1) is 23.3 Å². The molecule has 1 aliphatic rings. The van der Waals surface area contributed by atoms with E-state index in [0.717, 1.165) is 0 Å². The van der Waals surface area contributed by atoms with Gasteiger partial charge in [0.15, 0.2) is 9.84 Å². The fourth-order valence-electron chi connectivity index (χ4n) is 2.18. The molecule has 19 heavy (non-hydrogen) atoms. The first-order chi connectivity index (χ1) is 9.09. The van der Waals surface area contributed by atoms with Crippen LogP contribution in [0.5, 0.6) is 0 Å². The number of carbonyl (C=O) groups excluding carboxylic acids is 1. The van der Waals surface area contributed by atoms with E-state index in [1.807, 2.05) is 0 Å². The van der Waals surface area contributed by atoms with E-state index in [1.165, 1.54) is 12.3 Å². The van der Waals surface area contributed by atoms with Crippen molar-refractivity contribution >= 4 is 21.4 Å². The molecule has 6 heteroatoms. The number of para-hydroxylation sites is 1. The molecule has 0 bridgehead atoms. The van der Waals surface area contributed by atoms with Gasteiger partial charge in [0, 0.05) is 0 Å². The van der Waals surface area contributed by atoms with E-state index in [1.54, 1.807) is 30.3 Å². The Balaban J connectivity index is 2.21. The number of hydrogen-bond donors (Lipinski definition) is 1. The molecular weight excluding hydrogens is 266 g/mol. The molecule has 2 aromatic rings. The zero-order valence-corrected chi connectivity index (χ0v) is 10.7. The zero-order valence-electron chi connectivity index (χ0n) is 9.87. The summed E-state index contributed by atoms with van der Waals surface area (Å²) in [6.07, 6.45) is 1.25. The van der Waals surface area contributed by atoms with Crippen LogP contribution < -0.4 is 5.32 Å². The van der Waals surface area contributed by atoms with Crippen molar-refractivity contribution in [3.63, 3.8) is 0 Å². The molecule has 1 amide bonds. The summed E-state index contributed by atoms with van der Waals surface area (Å²) in [6.45, 7) is 0. The Morgan fingerprint density at radius 1 is 1.16 bits per heavy atom. The number of hydrogen-bond acceptors (Lipinski definition) is 4. The Morgan fingerprint density at radius 2 is 1.95 bits per heavy atom. The number of benzene rings is 1. The Labute approximate surface area is 110 Å². The molecule has 0 radical (unpaired) electrons. The molecule has 1 aliphatic heterocycles. The lowest BCUT2D eigenvalue weighted by Crippen LogP contribution is -2.16. The molecule has 0 saturated carbocycles. The Hall–Kier alpha value is -2.08. The van der Waals surface area contributed by atoms with Crippen molar-refractivity contribution in [2.75, 3.05) is 5.32 Å². The quantitative estimate of drug-likeness (QED) is 0.866. The van der Waals surface area contributed by atoms with Crippen LogP contribution in [-0.4, -0.2) is 14.3 Å². The van der Waals surface area contributed by atoms with E-state index in [-0.39, 0.29) is 23.0 Å². The largest absolute Gasteiger partial charge is 0.468 e. The molecule has 2 heterocycles. The van der Waals surface area contributed by atoms with E-state index in [9.17, 15) is 13.2 Å². The number of fused-ring (bicyclic) bond motifs is 1. The monoisotopic (exact) mass is 277 g/mol. The molecule has 0 aliphatic carbocycles. The third kappa shape index (κ3) is 1.94. The highest BCUT2D eigenvalue weighted by Gasteiger charge is 2.37. The molecule has 0 saturated heterocycles. The fraction of sp³-hybridized carbons (Fsp3) is 0.154. The molecule has 5 nitrogen and oxygen atoms in total. The van der Waals surface area contributed by atoms with Crippen LogP contribution in [0.25, 0.3) is 0 Å². The van der Waals surface area contributed by atoms with Crippen LogP contribution >= 0.6 is 0 Å². The van der Waals surface area contributed by atoms with Gasteiger partial charge in [-0.25, -0.2) is 8.42 Å². The van der Waals surface area contributed by atoms with Gasteiger partial charge in [-0.3, -0.25) is 4.79 Å². The van der Waals surface area contributed by atoms with Crippen molar-refractivity contribution < 1.29 is 17.6 Å². The van der Waals surface area contributed by atoms with Crippen LogP contribution in [0, 0.1) is 0 Å². The number of nitrogens with one attached hydrogen (secondary N) is 1. The van der Waals surface area contributed by atoms with E-state index in [2.05, 4.69) is 5.32 Å². The van der Waals surface area contributed by atoms with Gasteiger partial charge in [-0.15, -0.1) is 0 Å².